The molecule has 1 amide bonds. The number of quaternary nitrogens is 1. The lowest BCUT2D eigenvalue weighted by Crippen LogP contribution is -2.65. The summed E-state index contributed by atoms with van der Waals surface area (Å²) in [5.74, 6) is 0.808. The minimum atomic E-state index is -0.925. The average Bonchev–Trinajstić information content (AvgIpc) is 3.53. The van der Waals surface area contributed by atoms with Gasteiger partial charge in [0.25, 0.3) is 0 Å². The molecule has 0 aromatic heterocycles. The lowest BCUT2D eigenvalue weighted by molar-refractivity contribution is -0.946. The average molecular weight is 567 g/mol. The van der Waals surface area contributed by atoms with Gasteiger partial charge in [-0.05, 0) is 48.9 Å². The van der Waals surface area contributed by atoms with Crippen LogP contribution in [0.25, 0.3) is 0 Å². The fraction of sp³-hybridized carbons (Fsp3) is 0.606. The predicted molar refractivity (Wildman–Crippen MR) is 159 cm³/mol. The molecule has 6 rings (SSSR count). The van der Waals surface area contributed by atoms with Crippen molar-refractivity contribution >= 4 is 12.1 Å². The monoisotopic (exact) mass is 566 g/mol. The number of piperidine rings is 3. The molecule has 0 radical (unpaired) electrons. The lowest BCUT2D eigenvalue weighted by Gasteiger charge is -2.53. The summed E-state index contributed by atoms with van der Waals surface area (Å²) in [5, 5.41) is 38.3. The second-order valence-corrected chi connectivity index (χ2v) is 12.8. The van der Waals surface area contributed by atoms with Gasteiger partial charge in [-0.2, -0.15) is 0 Å². The minimum absolute atomic E-state index is 0.0269. The molecule has 1 saturated carbocycles. The first-order valence-corrected chi connectivity index (χ1v) is 15.5. The van der Waals surface area contributed by atoms with Crippen molar-refractivity contribution in [2.45, 2.75) is 69.7 Å². The minimum Gasteiger partial charge on any atom is -0.506 e. The number of benzene rings is 2. The maximum absolute atomic E-state index is 12.1. The Balaban J connectivity index is 1.12. The van der Waals surface area contributed by atoms with Gasteiger partial charge in [0.05, 0.1) is 38.0 Å². The molecule has 2 aromatic rings. The van der Waals surface area contributed by atoms with Crippen LogP contribution in [0.5, 0.6) is 5.75 Å². The van der Waals surface area contributed by atoms with E-state index in [1.165, 1.54) is 50.4 Å². The highest BCUT2D eigenvalue weighted by atomic mass is 16.5. The van der Waals surface area contributed by atoms with E-state index in [2.05, 4.69) is 41.8 Å². The first-order chi connectivity index (χ1) is 19.8. The lowest BCUT2D eigenvalue weighted by atomic mass is 9.79. The van der Waals surface area contributed by atoms with Gasteiger partial charge in [-0.15, -0.1) is 0 Å². The van der Waals surface area contributed by atoms with Crippen molar-refractivity contribution in [3.63, 3.8) is 0 Å². The number of hydrogen-bond donors (Lipinski definition) is 5. The number of carbonyl (C=O) groups is 1. The molecule has 3 heterocycles. The van der Waals surface area contributed by atoms with E-state index in [1.54, 1.807) is 12.1 Å². The zero-order valence-electron chi connectivity index (χ0n) is 24.4. The Labute approximate surface area is 244 Å². The van der Waals surface area contributed by atoms with Crippen molar-refractivity contribution in [3.8, 4) is 5.75 Å². The molecule has 0 unspecified atom stereocenters. The third kappa shape index (κ3) is 6.95. The maximum atomic E-state index is 12.1. The third-order valence-corrected chi connectivity index (χ3v) is 10.1. The highest BCUT2D eigenvalue weighted by Crippen LogP contribution is 2.43. The fourth-order valence-electron chi connectivity index (χ4n) is 7.55. The molecule has 0 spiro atoms. The van der Waals surface area contributed by atoms with Crippen LogP contribution in [0.3, 0.4) is 0 Å². The molecule has 41 heavy (non-hydrogen) atoms. The smallest absolute Gasteiger partial charge is 0.211 e. The third-order valence-electron chi connectivity index (χ3n) is 10.1. The number of carbonyl (C=O) groups excluding carboxylic acids is 1. The number of nitrogens with zero attached hydrogens (tertiary/aromatic N) is 1. The molecule has 8 heteroatoms. The van der Waals surface area contributed by atoms with Gasteiger partial charge in [-0.3, -0.25) is 4.79 Å². The summed E-state index contributed by atoms with van der Waals surface area (Å²) in [6.45, 7) is 8.15. The highest BCUT2D eigenvalue weighted by Gasteiger charge is 2.48. The zero-order chi connectivity index (χ0) is 28.9. The van der Waals surface area contributed by atoms with E-state index < -0.39 is 11.7 Å². The Kier molecular flexibility index (Phi) is 9.66. The van der Waals surface area contributed by atoms with Crippen LogP contribution in [0.2, 0.25) is 0 Å². The summed E-state index contributed by atoms with van der Waals surface area (Å²) in [4.78, 5) is 10.7. The quantitative estimate of drug-likeness (QED) is 0.102. The van der Waals surface area contributed by atoms with Crippen molar-refractivity contribution in [1.29, 1.82) is 0 Å². The van der Waals surface area contributed by atoms with Crippen LogP contribution in [-0.2, 0) is 15.1 Å². The second-order valence-electron chi connectivity index (χ2n) is 12.8. The summed E-state index contributed by atoms with van der Waals surface area (Å²) >= 11 is 0. The molecule has 8 nitrogen and oxygen atoms in total. The Morgan fingerprint density at radius 2 is 1.90 bits per heavy atom. The van der Waals surface area contributed by atoms with Gasteiger partial charge >= 0.3 is 0 Å². The van der Waals surface area contributed by atoms with Gasteiger partial charge in [0.2, 0.25) is 6.41 Å². The number of aryl methyl sites for hydroxylation is 1. The van der Waals surface area contributed by atoms with E-state index >= 15 is 0 Å². The maximum Gasteiger partial charge on any atom is 0.211 e. The Bertz CT molecular complexity index is 1160. The van der Waals surface area contributed by atoms with Gasteiger partial charge in [0.15, 0.2) is 0 Å². The van der Waals surface area contributed by atoms with Gasteiger partial charge in [0, 0.05) is 38.3 Å². The van der Waals surface area contributed by atoms with Crippen LogP contribution in [0.1, 0.15) is 67.7 Å². The van der Waals surface area contributed by atoms with Crippen molar-refractivity contribution in [1.82, 2.24) is 5.32 Å². The first-order valence-electron chi connectivity index (χ1n) is 15.5. The van der Waals surface area contributed by atoms with Gasteiger partial charge < -0.3 is 35.2 Å². The number of rotatable bonds is 14. The van der Waals surface area contributed by atoms with E-state index in [-0.39, 0.29) is 23.5 Å². The predicted octanol–water partition coefficient (Wildman–Crippen LogP) is 3.99. The molecule has 5 N–H and O–H groups in total. The van der Waals surface area contributed by atoms with Crippen molar-refractivity contribution in [3.05, 3.63) is 59.2 Å². The number of aromatic hydroxyl groups is 1. The number of anilines is 1. The summed E-state index contributed by atoms with van der Waals surface area (Å²) in [5.41, 5.74) is 2.19. The van der Waals surface area contributed by atoms with Crippen molar-refractivity contribution < 1.29 is 29.3 Å². The van der Waals surface area contributed by atoms with Crippen LogP contribution in [0.4, 0.5) is 5.69 Å². The SMILES string of the molecule is Cc1cccc([C@](O)(CO[C@H]2C[N+]3(CCCNC[C@H](O)c4ccc(O)c(NC=O)c4)CCC2CC3)C2CCCC2)c1. The summed E-state index contributed by atoms with van der Waals surface area (Å²) < 4.78 is 7.78. The molecule has 3 saturated heterocycles. The van der Waals surface area contributed by atoms with E-state index in [0.29, 0.717) is 31.0 Å². The van der Waals surface area contributed by atoms with Gasteiger partial charge in [0.1, 0.15) is 24.0 Å². The Morgan fingerprint density at radius 1 is 1.12 bits per heavy atom. The number of phenolic OH excluding ortho intramolecular Hbond substituents is 1. The van der Waals surface area contributed by atoms with Gasteiger partial charge in [-0.1, -0.05) is 48.7 Å². The molecular weight excluding hydrogens is 518 g/mol. The topological polar surface area (TPSA) is 111 Å². The van der Waals surface area contributed by atoms with Crippen LogP contribution < -0.4 is 10.6 Å². The van der Waals surface area contributed by atoms with Gasteiger partial charge in [-0.25, -0.2) is 0 Å². The molecule has 4 aliphatic rings. The van der Waals surface area contributed by atoms with Crippen LogP contribution in [-0.4, -0.2) is 78.2 Å². The normalized spacial score (nSPS) is 26.5. The number of hydrogen-bond acceptors (Lipinski definition) is 6. The fourth-order valence-corrected chi connectivity index (χ4v) is 7.55. The van der Waals surface area contributed by atoms with Crippen LogP contribution in [0.15, 0.2) is 42.5 Å². The van der Waals surface area contributed by atoms with E-state index in [0.717, 1.165) is 48.9 Å². The number of aliphatic hydroxyl groups excluding tert-OH is 1. The largest absolute Gasteiger partial charge is 0.506 e. The first kappa shape index (κ1) is 30.0. The molecular formula is C33H48N3O5+. The molecule has 4 fully saturated rings. The standard InChI is InChI=1S/C33H47N3O5/c1-24-6-4-9-28(18-24)33(40,27-7-2-3-8-27)22-41-32-21-36(16-12-25(32)13-17-36)15-5-14-34-20-31(39)26-10-11-30(38)29(19-26)35-23-37/h4,6,9-11,18-19,23,25,27,31-32,34,39-40H,2-3,5,7-8,12-17,20-22H2,1H3,(H-,35,37,38)/p+1/t25?,31-,32-,33-,36?/m0/s1. The molecule has 2 bridgehead atoms. The van der Waals surface area contributed by atoms with E-state index in [9.17, 15) is 20.1 Å². The number of aliphatic hydroxyl groups is 2. The summed E-state index contributed by atoms with van der Waals surface area (Å²) in [6, 6.07) is 13.1. The molecule has 3 atom stereocenters. The number of amides is 1. The molecule has 3 aliphatic heterocycles. The molecule has 2 aromatic carbocycles. The zero-order valence-corrected chi connectivity index (χ0v) is 24.4. The van der Waals surface area contributed by atoms with Crippen molar-refractivity contribution in [2.75, 3.05) is 51.2 Å². The van der Waals surface area contributed by atoms with Crippen molar-refractivity contribution in [2.24, 2.45) is 11.8 Å². The van der Waals surface area contributed by atoms with Crippen LogP contribution in [0, 0.1) is 18.8 Å². The molecule has 1 aliphatic carbocycles. The Morgan fingerprint density at radius 3 is 2.63 bits per heavy atom. The van der Waals surface area contributed by atoms with Crippen LogP contribution >= 0.6 is 0 Å². The second kappa shape index (κ2) is 13.2. The highest BCUT2D eigenvalue weighted by molar-refractivity contribution is 5.75. The number of fused-ring (bicyclic) bond motifs is 3. The Hall–Kier alpha value is -2.49. The summed E-state index contributed by atoms with van der Waals surface area (Å²) in [7, 11) is 0. The summed E-state index contributed by atoms with van der Waals surface area (Å²) in [6.07, 6.45) is 7.83. The number of phenols is 1. The number of ether oxygens (including phenoxy) is 1. The number of nitrogens with one attached hydrogen (secondary N) is 2. The van der Waals surface area contributed by atoms with E-state index in [1.807, 2.05) is 0 Å². The van der Waals surface area contributed by atoms with E-state index in [4.69, 9.17) is 4.74 Å². The molecule has 224 valence electrons.